The Kier molecular flexibility index (Phi) is 4.30. The van der Waals surface area contributed by atoms with Gasteiger partial charge >= 0.3 is 0 Å². The van der Waals surface area contributed by atoms with Crippen LogP contribution >= 0.6 is 11.3 Å². The van der Waals surface area contributed by atoms with Crippen molar-refractivity contribution in [3.05, 3.63) is 83.2 Å². The second kappa shape index (κ2) is 7.06. The highest BCUT2D eigenvalue weighted by Gasteiger charge is 2.09. The topological polar surface area (TPSA) is 68.6 Å². The predicted octanol–water partition coefficient (Wildman–Crippen LogP) is 3.71. The Morgan fingerprint density at radius 2 is 1.96 bits per heavy atom. The molecule has 4 aromatic rings. The minimum absolute atomic E-state index is 0.727. The number of nitrogens with zero attached hydrogens (tertiary/aromatic N) is 5. The molecule has 0 atom stereocenters. The van der Waals surface area contributed by atoms with Gasteiger partial charge in [0.1, 0.15) is 5.69 Å². The van der Waals surface area contributed by atoms with Gasteiger partial charge in [-0.1, -0.05) is 0 Å². The summed E-state index contributed by atoms with van der Waals surface area (Å²) in [7, 11) is 0. The smallest absolute Gasteiger partial charge is 0.211 e. The highest BCUT2D eigenvalue weighted by molar-refractivity contribution is 7.07. The number of thiazole rings is 1. The summed E-state index contributed by atoms with van der Waals surface area (Å²) < 4.78 is 7.28. The number of hydrogen-bond donors (Lipinski definition) is 0. The number of aromatic nitrogens is 3. The summed E-state index contributed by atoms with van der Waals surface area (Å²) in [4.78, 5) is 13.5. The fraction of sp³-hybridized carbons (Fsp3) is 0. The van der Waals surface area contributed by atoms with Crippen LogP contribution in [0.4, 0.5) is 5.69 Å². The molecule has 0 aliphatic heterocycles. The Labute approximate surface area is 147 Å². The van der Waals surface area contributed by atoms with Crippen molar-refractivity contribution in [1.29, 1.82) is 0 Å². The number of pyridine rings is 2. The summed E-state index contributed by atoms with van der Waals surface area (Å²) in [5.74, 6) is 0.732. The summed E-state index contributed by atoms with van der Waals surface area (Å²) in [5.41, 5.74) is 2.55. The van der Waals surface area contributed by atoms with Gasteiger partial charge in [-0.2, -0.15) is 5.10 Å². The predicted molar refractivity (Wildman–Crippen MR) is 96.7 cm³/mol. The van der Waals surface area contributed by atoms with E-state index in [1.165, 1.54) is 11.3 Å². The van der Waals surface area contributed by atoms with Gasteiger partial charge in [0.25, 0.3) is 0 Å². The van der Waals surface area contributed by atoms with Crippen LogP contribution in [0.5, 0.6) is 0 Å². The molecule has 0 saturated heterocycles. The summed E-state index contributed by atoms with van der Waals surface area (Å²) in [6.45, 7) is 0. The van der Waals surface area contributed by atoms with Crippen LogP contribution in [0, 0.1) is 0 Å². The molecular formula is C18H13N5OS. The van der Waals surface area contributed by atoms with Crippen molar-refractivity contribution in [1.82, 2.24) is 14.6 Å². The van der Waals surface area contributed by atoms with Crippen LogP contribution < -0.4 is 4.80 Å². The average Bonchev–Trinajstić information content (AvgIpc) is 3.31. The average molecular weight is 347 g/mol. The summed E-state index contributed by atoms with van der Waals surface area (Å²) in [6.07, 6.45) is 10.3. The minimum atomic E-state index is 0.727. The molecule has 0 spiro atoms. The van der Waals surface area contributed by atoms with Crippen LogP contribution in [0.15, 0.2) is 87.3 Å². The quantitative estimate of drug-likeness (QED) is 0.528. The lowest BCUT2D eigenvalue weighted by atomic mass is 10.3. The Balaban J connectivity index is 1.83. The van der Waals surface area contributed by atoms with Gasteiger partial charge in [-0.15, -0.1) is 11.3 Å². The zero-order valence-corrected chi connectivity index (χ0v) is 13.9. The molecule has 4 heterocycles. The van der Waals surface area contributed by atoms with E-state index in [-0.39, 0.29) is 0 Å². The molecule has 0 amide bonds. The number of rotatable bonds is 4. The summed E-state index contributed by atoms with van der Waals surface area (Å²) in [6, 6.07) is 11.3. The van der Waals surface area contributed by atoms with Crippen LogP contribution in [0.1, 0.15) is 5.56 Å². The van der Waals surface area contributed by atoms with Gasteiger partial charge in [-0.05, 0) is 42.0 Å². The van der Waals surface area contributed by atoms with Gasteiger partial charge in [-0.25, -0.2) is 9.67 Å². The molecule has 0 saturated carbocycles. The first-order valence-electron chi connectivity index (χ1n) is 7.54. The molecule has 0 unspecified atom stereocenters. The van der Waals surface area contributed by atoms with E-state index in [0.29, 0.717) is 0 Å². The van der Waals surface area contributed by atoms with E-state index < -0.39 is 0 Å². The maximum absolute atomic E-state index is 5.52. The van der Waals surface area contributed by atoms with Crippen molar-refractivity contribution < 1.29 is 4.42 Å². The molecule has 0 fully saturated rings. The molecule has 0 aliphatic carbocycles. The fourth-order valence-electron chi connectivity index (χ4n) is 2.19. The summed E-state index contributed by atoms with van der Waals surface area (Å²) in [5, 5.41) is 6.56. The van der Waals surface area contributed by atoms with Crippen molar-refractivity contribution in [2.45, 2.75) is 0 Å². The lowest BCUT2D eigenvalue weighted by Gasteiger charge is -2.00. The Morgan fingerprint density at radius 1 is 1.04 bits per heavy atom. The zero-order chi connectivity index (χ0) is 16.9. The summed E-state index contributed by atoms with van der Waals surface area (Å²) >= 11 is 1.49. The first-order chi connectivity index (χ1) is 12.4. The molecule has 0 N–H and O–H groups in total. The van der Waals surface area contributed by atoms with Crippen LogP contribution in [-0.2, 0) is 0 Å². The van der Waals surface area contributed by atoms with Crippen molar-refractivity contribution in [2.24, 2.45) is 10.1 Å². The highest BCUT2D eigenvalue weighted by Crippen LogP contribution is 2.21. The molecule has 7 heteroatoms. The van der Waals surface area contributed by atoms with Crippen molar-refractivity contribution in [3.8, 4) is 11.5 Å². The highest BCUT2D eigenvalue weighted by atomic mass is 32.1. The molecule has 4 aromatic heterocycles. The van der Waals surface area contributed by atoms with E-state index in [4.69, 9.17) is 4.42 Å². The molecule has 0 radical (unpaired) electrons. The zero-order valence-electron chi connectivity index (χ0n) is 13.1. The lowest BCUT2D eigenvalue weighted by molar-refractivity contribution is 0.575. The van der Waals surface area contributed by atoms with Crippen LogP contribution in [-0.4, -0.2) is 20.9 Å². The fourth-order valence-corrected chi connectivity index (χ4v) is 3.02. The number of furan rings is 1. The Hall–Kier alpha value is -3.32. The van der Waals surface area contributed by atoms with E-state index in [9.17, 15) is 0 Å². The van der Waals surface area contributed by atoms with Gasteiger partial charge in [0.05, 0.1) is 24.4 Å². The Bertz CT molecular complexity index is 1030. The van der Waals surface area contributed by atoms with E-state index in [2.05, 4.69) is 20.1 Å². The first kappa shape index (κ1) is 15.2. The third-order valence-electron chi connectivity index (χ3n) is 3.36. The van der Waals surface area contributed by atoms with Crippen molar-refractivity contribution in [3.63, 3.8) is 0 Å². The molecule has 122 valence electrons. The molecular weight excluding hydrogens is 334 g/mol. The molecule has 4 rings (SSSR count). The van der Waals surface area contributed by atoms with Crippen molar-refractivity contribution in [2.75, 3.05) is 0 Å². The van der Waals surface area contributed by atoms with Crippen LogP contribution in [0.3, 0.4) is 0 Å². The van der Waals surface area contributed by atoms with Crippen LogP contribution in [0.2, 0.25) is 0 Å². The third kappa shape index (κ3) is 3.46. The second-order valence-electron chi connectivity index (χ2n) is 5.04. The largest absolute Gasteiger partial charge is 0.463 e. The minimum Gasteiger partial charge on any atom is -0.463 e. The van der Waals surface area contributed by atoms with E-state index >= 15 is 0 Å². The Morgan fingerprint density at radius 3 is 2.72 bits per heavy atom. The van der Waals surface area contributed by atoms with Crippen LogP contribution in [0.25, 0.3) is 11.5 Å². The monoisotopic (exact) mass is 347 g/mol. The lowest BCUT2D eigenvalue weighted by Crippen LogP contribution is -2.11. The normalized spacial score (nSPS) is 12.1. The van der Waals surface area contributed by atoms with Gasteiger partial charge < -0.3 is 4.42 Å². The maximum atomic E-state index is 5.52. The van der Waals surface area contributed by atoms with E-state index in [0.717, 1.165) is 27.5 Å². The molecule has 0 aliphatic rings. The SMILES string of the molecule is C(=Nn1c(-c2ccco2)csc1=Nc1cccnc1)c1ccncc1. The molecule has 0 aromatic carbocycles. The first-order valence-corrected chi connectivity index (χ1v) is 8.42. The maximum Gasteiger partial charge on any atom is 0.211 e. The van der Waals surface area contributed by atoms with Gasteiger partial charge in [0.15, 0.2) is 5.76 Å². The molecule has 25 heavy (non-hydrogen) atoms. The molecule has 0 bridgehead atoms. The van der Waals surface area contributed by atoms with Gasteiger partial charge in [0.2, 0.25) is 4.80 Å². The van der Waals surface area contributed by atoms with E-state index in [1.54, 1.807) is 41.9 Å². The number of hydrogen-bond acceptors (Lipinski definition) is 6. The van der Waals surface area contributed by atoms with E-state index in [1.807, 2.05) is 41.8 Å². The van der Waals surface area contributed by atoms with Crippen molar-refractivity contribution >= 4 is 23.2 Å². The van der Waals surface area contributed by atoms with Gasteiger partial charge in [-0.3, -0.25) is 9.97 Å². The molecule has 6 nitrogen and oxygen atoms in total. The van der Waals surface area contributed by atoms with Gasteiger partial charge in [0, 0.05) is 24.0 Å². The third-order valence-corrected chi connectivity index (χ3v) is 4.17. The standard InChI is InChI=1S/C18H13N5OS/c1-3-15(12-20-7-1)22-18-23(21-11-14-5-8-19-9-6-14)16(13-25-18)17-4-2-10-24-17/h1-13H. The second-order valence-corrected chi connectivity index (χ2v) is 5.88.